The van der Waals surface area contributed by atoms with Gasteiger partial charge in [0, 0.05) is 18.8 Å². The first-order valence-electron chi connectivity index (χ1n) is 6.68. The van der Waals surface area contributed by atoms with E-state index in [0.29, 0.717) is 13.0 Å². The molecule has 1 aromatic heterocycles. The lowest BCUT2D eigenvalue weighted by atomic mass is 10.1. The van der Waals surface area contributed by atoms with Crippen LogP contribution in [0.1, 0.15) is 26.3 Å². The molecule has 0 fully saturated rings. The molecular weight excluding hydrogens is 252 g/mol. The van der Waals surface area contributed by atoms with E-state index in [1.807, 2.05) is 45.0 Å². The van der Waals surface area contributed by atoms with Gasteiger partial charge in [0.25, 0.3) is 0 Å². The molecule has 0 atom stereocenters. The van der Waals surface area contributed by atoms with Gasteiger partial charge in [0.05, 0.1) is 12.9 Å². The predicted molar refractivity (Wildman–Crippen MR) is 77.8 cm³/mol. The van der Waals surface area contributed by atoms with Crippen LogP contribution < -0.4 is 4.74 Å². The number of aromatic nitrogens is 2. The van der Waals surface area contributed by atoms with Crippen molar-refractivity contribution in [1.29, 1.82) is 0 Å². The maximum absolute atomic E-state index is 11.9. The Morgan fingerprint density at radius 1 is 1.25 bits per heavy atom. The number of carbonyl (C=O) groups excluding carboxylic acids is 1. The highest BCUT2D eigenvalue weighted by atomic mass is 16.5. The van der Waals surface area contributed by atoms with Crippen LogP contribution in [0.5, 0.6) is 5.75 Å². The van der Waals surface area contributed by atoms with Gasteiger partial charge in [0.1, 0.15) is 11.4 Å². The average molecular weight is 272 g/mol. The van der Waals surface area contributed by atoms with Gasteiger partial charge in [-0.2, -0.15) is 0 Å². The monoisotopic (exact) mass is 272 g/mol. The van der Waals surface area contributed by atoms with Crippen molar-refractivity contribution in [3.8, 4) is 5.75 Å². The van der Waals surface area contributed by atoms with Crippen molar-refractivity contribution in [3.05, 3.63) is 48.5 Å². The van der Waals surface area contributed by atoms with Gasteiger partial charge >= 0.3 is 0 Å². The zero-order valence-corrected chi connectivity index (χ0v) is 12.2. The fourth-order valence-corrected chi connectivity index (χ4v) is 1.90. The Balaban J connectivity index is 1.92. The van der Waals surface area contributed by atoms with Crippen molar-refractivity contribution < 1.29 is 9.53 Å². The Labute approximate surface area is 119 Å². The number of benzene rings is 1. The minimum atomic E-state index is -0.210. The van der Waals surface area contributed by atoms with Gasteiger partial charge in [-0.05, 0) is 38.5 Å². The van der Waals surface area contributed by atoms with E-state index >= 15 is 0 Å². The largest absolute Gasteiger partial charge is 0.488 e. The van der Waals surface area contributed by atoms with E-state index in [9.17, 15) is 4.79 Å². The number of hydrogen-bond donors (Lipinski definition) is 0. The molecule has 0 amide bonds. The number of Topliss-reactive ketones (excluding diaryl/α,β-unsaturated/α-hetero) is 1. The van der Waals surface area contributed by atoms with Crippen molar-refractivity contribution in [2.24, 2.45) is 0 Å². The van der Waals surface area contributed by atoms with Crippen LogP contribution in [0, 0.1) is 0 Å². The van der Waals surface area contributed by atoms with Gasteiger partial charge in [0.15, 0.2) is 5.78 Å². The van der Waals surface area contributed by atoms with E-state index < -0.39 is 0 Å². The summed E-state index contributed by atoms with van der Waals surface area (Å²) in [5.41, 5.74) is 0.787. The van der Waals surface area contributed by atoms with Crippen molar-refractivity contribution in [2.45, 2.75) is 39.3 Å². The van der Waals surface area contributed by atoms with Crippen LogP contribution in [0.2, 0.25) is 0 Å². The zero-order valence-electron chi connectivity index (χ0n) is 12.2. The molecule has 0 radical (unpaired) electrons. The molecule has 4 nitrogen and oxygen atoms in total. The van der Waals surface area contributed by atoms with E-state index in [1.54, 1.807) is 23.3 Å². The third kappa shape index (κ3) is 4.53. The van der Waals surface area contributed by atoms with E-state index in [2.05, 4.69) is 4.98 Å². The number of nitrogens with zero attached hydrogens (tertiary/aromatic N) is 2. The summed E-state index contributed by atoms with van der Waals surface area (Å²) in [7, 11) is 0. The van der Waals surface area contributed by atoms with Crippen molar-refractivity contribution in [2.75, 3.05) is 0 Å². The molecule has 0 bridgehead atoms. The quantitative estimate of drug-likeness (QED) is 0.840. The molecular formula is C16H20N2O2. The first kappa shape index (κ1) is 14.3. The highest BCUT2D eigenvalue weighted by Gasteiger charge is 2.11. The Morgan fingerprint density at radius 2 is 1.95 bits per heavy atom. The smallest absolute Gasteiger partial charge is 0.156 e. The highest BCUT2D eigenvalue weighted by Crippen LogP contribution is 2.18. The molecule has 1 heterocycles. The van der Waals surface area contributed by atoms with Crippen LogP contribution in [-0.4, -0.2) is 20.9 Å². The Morgan fingerprint density at radius 3 is 2.50 bits per heavy atom. The van der Waals surface area contributed by atoms with Crippen LogP contribution in [0.3, 0.4) is 0 Å². The fourth-order valence-electron chi connectivity index (χ4n) is 1.90. The number of carbonyl (C=O) groups is 1. The lowest BCUT2D eigenvalue weighted by Crippen LogP contribution is -2.22. The molecule has 0 spiro atoms. The molecule has 0 aliphatic carbocycles. The summed E-state index contributed by atoms with van der Waals surface area (Å²) >= 11 is 0. The first-order chi connectivity index (χ1) is 9.42. The van der Waals surface area contributed by atoms with Crippen LogP contribution >= 0.6 is 0 Å². The standard InChI is InChI=1S/C16H20N2O2/c1-16(2,3)20-15-6-4-13(5-7-15)10-14(19)11-18-9-8-17-12-18/h4-9,12H,10-11H2,1-3H3. The summed E-state index contributed by atoms with van der Waals surface area (Å²) in [6.45, 7) is 6.39. The van der Waals surface area contributed by atoms with Crippen molar-refractivity contribution in [3.63, 3.8) is 0 Å². The molecule has 0 N–H and O–H groups in total. The van der Waals surface area contributed by atoms with Gasteiger partial charge in [-0.25, -0.2) is 4.98 Å². The van der Waals surface area contributed by atoms with Gasteiger partial charge in [0.2, 0.25) is 0 Å². The van der Waals surface area contributed by atoms with Crippen molar-refractivity contribution >= 4 is 5.78 Å². The summed E-state index contributed by atoms with van der Waals surface area (Å²) < 4.78 is 7.53. The summed E-state index contributed by atoms with van der Waals surface area (Å²) in [5.74, 6) is 0.982. The van der Waals surface area contributed by atoms with E-state index in [-0.39, 0.29) is 11.4 Å². The zero-order chi connectivity index (χ0) is 14.6. The maximum atomic E-state index is 11.9. The Hall–Kier alpha value is -2.10. The summed E-state index contributed by atoms with van der Waals surface area (Å²) in [6, 6.07) is 7.69. The summed E-state index contributed by atoms with van der Waals surface area (Å²) in [4.78, 5) is 15.8. The summed E-state index contributed by atoms with van der Waals surface area (Å²) in [6.07, 6.45) is 5.54. The van der Waals surface area contributed by atoms with E-state index in [1.165, 1.54) is 0 Å². The molecule has 1 aromatic carbocycles. The first-order valence-corrected chi connectivity index (χ1v) is 6.68. The second kappa shape index (κ2) is 5.90. The van der Waals surface area contributed by atoms with Gasteiger partial charge in [-0.3, -0.25) is 4.79 Å². The van der Waals surface area contributed by atoms with Gasteiger partial charge < -0.3 is 9.30 Å². The number of hydrogen-bond acceptors (Lipinski definition) is 3. The van der Waals surface area contributed by atoms with Crippen LogP contribution in [0.25, 0.3) is 0 Å². The molecule has 0 aliphatic rings. The van der Waals surface area contributed by atoms with E-state index in [4.69, 9.17) is 4.74 Å². The second-order valence-corrected chi connectivity index (χ2v) is 5.81. The van der Waals surface area contributed by atoms with Crippen LogP contribution in [0.15, 0.2) is 43.0 Å². The molecule has 20 heavy (non-hydrogen) atoms. The van der Waals surface area contributed by atoms with Gasteiger partial charge in [-0.15, -0.1) is 0 Å². The molecule has 4 heteroatoms. The van der Waals surface area contributed by atoms with Gasteiger partial charge in [-0.1, -0.05) is 12.1 Å². The average Bonchev–Trinajstić information content (AvgIpc) is 2.82. The molecule has 106 valence electrons. The molecule has 0 aliphatic heterocycles. The number of rotatable bonds is 5. The SMILES string of the molecule is CC(C)(C)Oc1ccc(CC(=O)Cn2ccnc2)cc1. The topological polar surface area (TPSA) is 44.1 Å². The molecule has 0 unspecified atom stereocenters. The molecule has 2 aromatic rings. The normalized spacial score (nSPS) is 11.3. The minimum absolute atomic E-state index is 0.160. The minimum Gasteiger partial charge on any atom is -0.488 e. The Bertz CT molecular complexity index is 551. The van der Waals surface area contributed by atoms with Crippen molar-refractivity contribution in [1.82, 2.24) is 9.55 Å². The van der Waals surface area contributed by atoms with Crippen LogP contribution in [0.4, 0.5) is 0 Å². The third-order valence-electron chi connectivity index (χ3n) is 2.67. The van der Waals surface area contributed by atoms with E-state index in [0.717, 1.165) is 11.3 Å². The number of imidazole rings is 1. The highest BCUT2D eigenvalue weighted by molar-refractivity contribution is 5.80. The second-order valence-electron chi connectivity index (χ2n) is 5.81. The lowest BCUT2D eigenvalue weighted by molar-refractivity contribution is -0.119. The third-order valence-corrected chi connectivity index (χ3v) is 2.67. The predicted octanol–water partition coefficient (Wildman–Crippen LogP) is 2.87. The molecule has 0 saturated heterocycles. The van der Waals surface area contributed by atoms with Crippen LogP contribution in [-0.2, 0) is 17.8 Å². The Kier molecular flexibility index (Phi) is 4.23. The summed E-state index contributed by atoms with van der Waals surface area (Å²) in [5, 5.41) is 0. The maximum Gasteiger partial charge on any atom is 0.156 e. The molecule has 0 saturated carbocycles. The number of ketones is 1. The fraction of sp³-hybridized carbons (Fsp3) is 0.375. The number of ether oxygens (including phenoxy) is 1. The molecule has 2 rings (SSSR count). The lowest BCUT2D eigenvalue weighted by Gasteiger charge is -2.21.